The first-order valence-corrected chi connectivity index (χ1v) is 14.4. The summed E-state index contributed by atoms with van der Waals surface area (Å²) >= 11 is 0. The zero-order valence-electron chi connectivity index (χ0n) is 26.2. The Kier molecular flexibility index (Phi) is 30.3. The van der Waals surface area contributed by atoms with Crippen molar-refractivity contribution in [3.05, 3.63) is 0 Å². The maximum absolute atomic E-state index is 11.3. The predicted molar refractivity (Wildman–Crippen MR) is 151 cm³/mol. The Hall–Kier alpha value is -3.04. The number of aliphatic carboxylic acids is 3. The molecule has 0 rings (SSSR count). The maximum atomic E-state index is 11.3. The zero-order valence-corrected chi connectivity index (χ0v) is 27.3. The van der Waals surface area contributed by atoms with Crippen molar-refractivity contribution in [2.75, 3.05) is 0 Å². The number of carbonyl (C=O) groups excluding carboxylic acids is 9. The van der Waals surface area contributed by atoms with Gasteiger partial charge in [-0.2, -0.15) is 0 Å². The minimum absolute atomic E-state index is 0. The number of hydrogen-bond donors (Lipinski definition) is 0. The monoisotopic (exact) mass is 624 g/mol. The van der Waals surface area contributed by atoms with Gasteiger partial charge in [0, 0.05) is 38.5 Å². The summed E-state index contributed by atoms with van der Waals surface area (Å²) in [5.74, 6) is -12.6. The molecule has 0 unspecified atom stereocenters. The Labute approximate surface area is 264 Å². The molecular formula is C30H45AlO12. The van der Waals surface area contributed by atoms with Crippen molar-refractivity contribution in [2.24, 2.45) is 17.8 Å². The van der Waals surface area contributed by atoms with Crippen molar-refractivity contribution in [3.8, 4) is 0 Å². The number of carbonyl (C=O) groups is 9. The first-order valence-electron chi connectivity index (χ1n) is 14.4. The third kappa shape index (κ3) is 20.5. The second kappa shape index (κ2) is 27.8. The molecule has 0 saturated heterocycles. The van der Waals surface area contributed by atoms with Crippen LogP contribution in [0.4, 0.5) is 0 Å². The van der Waals surface area contributed by atoms with Crippen LogP contribution >= 0.6 is 0 Å². The van der Waals surface area contributed by atoms with E-state index in [2.05, 4.69) is 0 Å². The van der Waals surface area contributed by atoms with E-state index in [0.29, 0.717) is 38.5 Å². The van der Waals surface area contributed by atoms with E-state index in [0.717, 1.165) is 0 Å². The molecule has 13 heteroatoms. The van der Waals surface area contributed by atoms with E-state index in [1.807, 2.05) is 0 Å². The maximum Gasteiger partial charge on any atom is 3.00 e. The standard InChI is InChI=1S/3C10H16O4.Al/c3*1-3-5-7(11)9(10(13)14)8(12)6-4-2;/h3*9H,3-6H2,1-2H3,(H,13,14);/q;;;+3/p-3. The first kappa shape index (κ1) is 46.9. The van der Waals surface area contributed by atoms with Crippen LogP contribution in [0.1, 0.15) is 119 Å². The fraction of sp³-hybridized carbons (Fsp3) is 0.700. The van der Waals surface area contributed by atoms with E-state index in [4.69, 9.17) is 0 Å². The van der Waals surface area contributed by atoms with Gasteiger partial charge in [-0.3, -0.25) is 28.8 Å². The Bertz CT molecular complexity index is 769. The van der Waals surface area contributed by atoms with Crippen LogP contribution in [0.3, 0.4) is 0 Å². The van der Waals surface area contributed by atoms with Crippen LogP contribution < -0.4 is 15.3 Å². The minimum Gasteiger partial charge on any atom is -0.549 e. The van der Waals surface area contributed by atoms with Crippen molar-refractivity contribution < 1.29 is 58.5 Å². The predicted octanol–water partition coefficient (Wildman–Crippen LogP) is -0.108. The van der Waals surface area contributed by atoms with Gasteiger partial charge in [-0.25, -0.2) is 0 Å². The molecule has 0 saturated carbocycles. The molecule has 0 aromatic carbocycles. The molecule has 0 aromatic rings. The largest absolute Gasteiger partial charge is 3.00 e. The molecule has 0 amide bonds. The molecule has 0 bridgehead atoms. The molecule has 0 aliphatic heterocycles. The molecule has 0 spiro atoms. The average molecular weight is 625 g/mol. The number of ketones is 6. The third-order valence-electron chi connectivity index (χ3n) is 5.62. The van der Waals surface area contributed by atoms with Gasteiger partial charge in [0.1, 0.15) is 52.5 Å². The number of rotatable bonds is 21. The summed E-state index contributed by atoms with van der Waals surface area (Å²) in [6.07, 6.45) is 3.98. The quantitative estimate of drug-likeness (QED) is 0.121. The summed E-state index contributed by atoms with van der Waals surface area (Å²) < 4.78 is 0. The van der Waals surface area contributed by atoms with Crippen LogP contribution in [0, 0.1) is 17.8 Å². The van der Waals surface area contributed by atoms with Crippen LogP contribution in [-0.2, 0) is 43.2 Å². The Morgan fingerprint density at radius 3 is 0.535 bits per heavy atom. The van der Waals surface area contributed by atoms with E-state index >= 15 is 0 Å². The smallest absolute Gasteiger partial charge is 0.549 e. The number of hydrogen-bond acceptors (Lipinski definition) is 12. The average Bonchev–Trinajstić information content (AvgIpc) is 2.85. The Morgan fingerprint density at radius 1 is 0.349 bits per heavy atom. The SMILES string of the molecule is CCCC(=O)C(C(=O)[O-])C(=O)CCC.CCCC(=O)C(C(=O)[O-])C(=O)CCC.CCCC(=O)C(C(=O)[O-])C(=O)CCC.[Al+3]. The van der Waals surface area contributed by atoms with Gasteiger partial charge in [-0.1, -0.05) is 41.5 Å². The molecule has 0 fully saturated rings. The van der Waals surface area contributed by atoms with Crippen molar-refractivity contribution in [3.63, 3.8) is 0 Å². The summed E-state index contributed by atoms with van der Waals surface area (Å²) in [5.41, 5.74) is 0. The van der Waals surface area contributed by atoms with E-state index in [9.17, 15) is 58.5 Å². The number of Topliss-reactive ketones (excluding diaryl/α,β-unsaturated/α-hetero) is 6. The minimum atomic E-state index is -1.57. The summed E-state index contributed by atoms with van der Waals surface area (Å²) in [7, 11) is 0. The van der Waals surface area contributed by atoms with Crippen molar-refractivity contribution in [2.45, 2.75) is 119 Å². The topological polar surface area (TPSA) is 223 Å². The molecule has 240 valence electrons. The van der Waals surface area contributed by atoms with Crippen molar-refractivity contribution in [1.82, 2.24) is 0 Å². The summed E-state index contributed by atoms with van der Waals surface area (Å²) in [5, 5.41) is 31.7. The molecule has 0 heterocycles. The van der Waals surface area contributed by atoms with Crippen LogP contribution in [0.2, 0.25) is 0 Å². The molecule has 0 aliphatic rings. The zero-order chi connectivity index (χ0) is 33.4. The first-order chi connectivity index (χ1) is 19.6. The summed E-state index contributed by atoms with van der Waals surface area (Å²) in [6, 6.07) is 0. The van der Waals surface area contributed by atoms with Gasteiger partial charge in [-0.05, 0) is 38.5 Å². The molecule has 0 radical (unpaired) electrons. The van der Waals surface area contributed by atoms with E-state index in [-0.39, 0.29) is 55.9 Å². The van der Waals surface area contributed by atoms with Crippen LogP contribution in [0.5, 0.6) is 0 Å². The van der Waals surface area contributed by atoms with Crippen molar-refractivity contribution in [1.29, 1.82) is 0 Å². The van der Waals surface area contributed by atoms with Gasteiger partial charge in [0.05, 0.1) is 17.9 Å². The van der Waals surface area contributed by atoms with E-state index in [1.54, 1.807) is 41.5 Å². The van der Waals surface area contributed by atoms with Crippen LogP contribution in [0.15, 0.2) is 0 Å². The molecular weight excluding hydrogens is 579 g/mol. The molecule has 0 N–H and O–H groups in total. The number of carboxylic acids is 3. The third-order valence-corrected chi connectivity index (χ3v) is 5.62. The summed E-state index contributed by atoms with van der Waals surface area (Å²) in [4.78, 5) is 99.3. The fourth-order valence-electron chi connectivity index (χ4n) is 3.67. The van der Waals surface area contributed by atoms with Crippen molar-refractivity contribution >= 4 is 70.0 Å². The van der Waals surface area contributed by atoms with Gasteiger partial charge >= 0.3 is 17.4 Å². The normalized spacial score (nSPS) is 9.98. The van der Waals surface area contributed by atoms with Gasteiger partial charge in [0.15, 0.2) is 0 Å². The Morgan fingerprint density at radius 2 is 0.465 bits per heavy atom. The second-order valence-corrected chi connectivity index (χ2v) is 9.55. The van der Waals surface area contributed by atoms with Gasteiger partial charge < -0.3 is 29.7 Å². The number of carboxylic acid groups (broad SMARTS) is 3. The molecule has 0 aromatic heterocycles. The molecule has 0 atom stereocenters. The molecule has 0 aliphatic carbocycles. The molecule has 12 nitrogen and oxygen atoms in total. The van der Waals surface area contributed by atoms with Crippen LogP contribution in [0.25, 0.3) is 0 Å². The summed E-state index contributed by atoms with van der Waals surface area (Å²) in [6.45, 7) is 10.6. The second-order valence-electron chi connectivity index (χ2n) is 9.55. The van der Waals surface area contributed by atoms with E-state index < -0.39 is 70.4 Å². The van der Waals surface area contributed by atoms with Crippen LogP contribution in [-0.4, -0.2) is 70.0 Å². The fourth-order valence-corrected chi connectivity index (χ4v) is 3.67. The van der Waals surface area contributed by atoms with Gasteiger partial charge in [0.25, 0.3) is 0 Å². The van der Waals surface area contributed by atoms with Gasteiger partial charge in [0.2, 0.25) is 0 Å². The van der Waals surface area contributed by atoms with Gasteiger partial charge in [-0.15, -0.1) is 0 Å². The van der Waals surface area contributed by atoms with E-state index in [1.165, 1.54) is 0 Å². The Balaban J connectivity index is -0.000000262. The molecule has 43 heavy (non-hydrogen) atoms.